The maximum absolute atomic E-state index is 6.54. The second-order valence-corrected chi connectivity index (χ2v) is 5.67. The largest absolute Gasteiger partial charge is 0.327 e. The van der Waals surface area contributed by atoms with Gasteiger partial charge < -0.3 is 5.73 Å². The van der Waals surface area contributed by atoms with Gasteiger partial charge in [0, 0.05) is 31.1 Å². The third-order valence-corrected chi connectivity index (χ3v) is 4.50. The first-order valence-corrected chi connectivity index (χ1v) is 7.00. The first-order valence-electron chi connectivity index (χ1n) is 7.00. The van der Waals surface area contributed by atoms with Gasteiger partial charge in [-0.05, 0) is 24.5 Å². The van der Waals surface area contributed by atoms with Crippen molar-refractivity contribution >= 4 is 0 Å². The highest BCUT2D eigenvalue weighted by Crippen LogP contribution is 2.46. The molecule has 0 amide bonds. The number of hydrogen-bond acceptors (Lipinski definition) is 2. The molecule has 3 heteroatoms. The van der Waals surface area contributed by atoms with Gasteiger partial charge in [-0.25, -0.2) is 0 Å². The summed E-state index contributed by atoms with van der Waals surface area (Å²) in [5.74, 6) is 0. The lowest BCUT2D eigenvalue weighted by Gasteiger charge is -2.47. The van der Waals surface area contributed by atoms with E-state index in [9.17, 15) is 0 Å². The Bertz CT molecular complexity index is 540. The lowest BCUT2D eigenvalue weighted by Crippen LogP contribution is -2.51. The van der Waals surface area contributed by atoms with E-state index in [1.165, 1.54) is 24.8 Å². The van der Waals surface area contributed by atoms with Crippen molar-refractivity contribution in [2.75, 3.05) is 0 Å². The third kappa shape index (κ3) is 2.19. The predicted octanol–water partition coefficient (Wildman–Crippen LogP) is 2.41. The minimum Gasteiger partial charge on any atom is -0.327 e. The highest BCUT2D eigenvalue weighted by atomic mass is 15.2. The molecule has 1 aromatic carbocycles. The highest BCUT2D eigenvalue weighted by molar-refractivity contribution is 5.31. The van der Waals surface area contributed by atoms with Crippen LogP contribution in [0.15, 0.2) is 42.6 Å². The molecule has 0 spiro atoms. The molecule has 0 saturated heterocycles. The maximum atomic E-state index is 6.54. The molecule has 1 aliphatic carbocycles. The Balaban J connectivity index is 1.82. The molecular weight excluding hydrogens is 234 g/mol. The van der Waals surface area contributed by atoms with Gasteiger partial charge in [0.2, 0.25) is 0 Å². The van der Waals surface area contributed by atoms with Crippen LogP contribution in [0.4, 0.5) is 0 Å². The van der Waals surface area contributed by atoms with Crippen molar-refractivity contribution in [3.63, 3.8) is 0 Å². The van der Waals surface area contributed by atoms with E-state index in [2.05, 4.69) is 41.5 Å². The quantitative estimate of drug-likeness (QED) is 0.911. The summed E-state index contributed by atoms with van der Waals surface area (Å²) >= 11 is 0. The number of benzene rings is 1. The van der Waals surface area contributed by atoms with Gasteiger partial charge in [0.05, 0.1) is 5.69 Å². The molecule has 1 unspecified atom stereocenters. The van der Waals surface area contributed by atoms with Gasteiger partial charge in [-0.1, -0.05) is 36.8 Å². The van der Waals surface area contributed by atoms with E-state index in [0.29, 0.717) is 0 Å². The first kappa shape index (κ1) is 12.4. The van der Waals surface area contributed by atoms with E-state index in [1.807, 2.05) is 17.9 Å². The van der Waals surface area contributed by atoms with Crippen LogP contribution in [-0.4, -0.2) is 15.8 Å². The molecule has 3 nitrogen and oxygen atoms in total. The van der Waals surface area contributed by atoms with Crippen LogP contribution < -0.4 is 5.73 Å². The lowest BCUT2D eigenvalue weighted by atomic mass is 9.59. The summed E-state index contributed by atoms with van der Waals surface area (Å²) in [6.07, 6.45) is 6.52. The van der Waals surface area contributed by atoms with Gasteiger partial charge in [0.15, 0.2) is 0 Å². The highest BCUT2D eigenvalue weighted by Gasteiger charge is 2.43. The molecule has 1 aliphatic rings. The lowest BCUT2D eigenvalue weighted by molar-refractivity contribution is 0.193. The van der Waals surface area contributed by atoms with E-state index >= 15 is 0 Å². The molecule has 3 rings (SSSR count). The molecule has 0 bridgehead atoms. The normalized spacial score (nSPS) is 18.8. The fraction of sp³-hybridized carbons (Fsp3) is 0.438. The van der Waals surface area contributed by atoms with Gasteiger partial charge in [0.25, 0.3) is 0 Å². The Kier molecular flexibility index (Phi) is 3.15. The van der Waals surface area contributed by atoms with Crippen LogP contribution in [0, 0.1) is 0 Å². The average Bonchev–Trinajstić information content (AvgIpc) is 2.75. The molecule has 2 aromatic rings. The summed E-state index contributed by atoms with van der Waals surface area (Å²) in [5.41, 5.74) is 9.19. The molecule has 2 N–H and O–H groups in total. The van der Waals surface area contributed by atoms with Crippen molar-refractivity contribution in [3.05, 3.63) is 53.9 Å². The Morgan fingerprint density at radius 1 is 1.26 bits per heavy atom. The summed E-state index contributed by atoms with van der Waals surface area (Å²) in [6.45, 7) is 0. The Hall–Kier alpha value is -1.61. The molecule has 19 heavy (non-hydrogen) atoms. The SMILES string of the molecule is Cn1ccc(CC(N)C2(c3ccccc3)CCC2)n1. The van der Waals surface area contributed by atoms with Crippen LogP contribution in [-0.2, 0) is 18.9 Å². The zero-order chi connectivity index (χ0) is 13.3. The molecule has 0 aliphatic heterocycles. The van der Waals surface area contributed by atoms with Gasteiger partial charge in [-0.2, -0.15) is 5.10 Å². The maximum Gasteiger partial charge on any atom is 0.0640 e. The molecule has 100 valence electrons. The van der Waals surface area contributed by atoms with Crippen molar-refractivity contribution < 1.29 is 0 Å². The zero-order valence-electron chi connectivity index (χ0n) is 11.4. The van der Waals surface area contributed by atoms with Crippen LogP contribution in [0.3, 0.4) is 0 Å². The van der Waals surface area contributed by atoms with Crippen LogP contribution in [0.25, 0.3) is 0 Å². The van der Waals surface area contributed by atoms with Crippen LogP contribution in [0.1, 0.15) is 30.5 Å². The minimum atomic E-state index is 0.151. The smallest absolute Gasteiger partial charge is 0.0640 e. The Morgan fingerprint density at radius 2 is 2.00 bits per heavy atom. The number of hydrogen-bond donors (Lipinski definition) is 1. The third-order valence-electron chi connectivity index (χ3n) is 4.50. The summed E-state index contributed by atoms with van der Waals surface area (Å²) in [4.78, 5) is 0. The molecule has 1 fully saturated rings. The molecule has 1 saturated carbocycles. The van der Waals surface area contributed by atoms with E-state index < -0.39 is 0 Å². The first-order chi connectivity index (χ1) is 9.21. The van der Waals surface area contributed by atoms with E-state index in [-0.39, 0.29) is 11.5 Å². The summed E-state index contributed by atoms with van der Waals surface area (Å²) < 4.78 is 1.85. The number of nitrogens with zero attached hydrogens (tertiary/aromatic N) is 2. The standard InChI is InChI=1S/C16H21N3/c1-19-11-8-14(18-19)12-15(17)16(9-5-10-16)13-6-3-2-4-7-13/h2-4,6-8,11,15H,5,9-10,12,17H2,1H3. The van der Waals surface area contributed by atoms with Crippen molar-refractivity contribution in [3.8, 4) is 0 Å². The second kappa shape index (κ2) is 4.82. The van der Waals surface area contributed by atoms with E-state index in [4.69, 9.17) is 5.73 Å². The average molecular weight is 255 g/mol. The molecule has 1 heterocycles. The van der Waals surface area contributed by atoms with Crippen molar-refractivity contribution in [1.29, 1.82) is 0 Å². The predicted molar refractivity (Wildman–Crippen MR) is 76.9 cm³/mol. The minimum absolute atomic E-state index is 0.151. The Morgan fingerprint density at radius 3 is 2.53 bits per heavy atom. The van der Waals surface area contributed by atoms with E-state index in [1.54, 1.807) is 0 Å². The molecule has 1 atom stereocenters. The van der Waals surface area contributed by atoms with Crippen LogP contribution in [0.2, 0.25) is 0 Å². The number of aryl methyl sites for hydroxylation is 1. The fourth-order valence-corrected chi connectivity index (χ4v) is 3.19. The number of rotatable bonds is 4. The van der Waals surface area contributed by atoms with Crippen molar-refractivity contribution in [2.24, 2.45) is 12.8 Å². The van der Waals surface area contributed by atoms with Crippen LogP contribution >= 0.6 is 0 Å². The number of nitrogens with two attached hydrogens (primary N) is 1. The van der Waals surface area contributed by atoms with E-state index in [0.717, 1.165) is 12.1 Å². The van der Waals surface area contributed by atoms with Gasteiger partial charge in [0.1, 0.15) is 0 Å². The molecular formula is C16H21N3. The van der Waals surface area contributed by atoms with Gasteiger partial charge in [-0.3, -0.25) is 4.68 Å². The van der Waals surface area contributed by atoms with Gasteiger partial charge in [-0.15, -0.1) is 0 Å². The van der Waals surface area contributed by atoms with Crippen molar-refractivity contribution in [2.45, 2.75) is 37.1 Å². The summed E-state index contributed by atoms with van der Waals surface area (Å²) in [5, 5.41) is 4.45. The van der Waals surface area contributed by atoms with Gasteiger partial charge >= 0.3 is 0 Å². The van der Waals surface area contributed by atoms with Crippen molar-refractivity contribution in [1.82, 2.24) is 9.78 Å². The Labute approximate surface area is 114 Å². The zero-order valence-corrected chi connectivity index (χ0v) is 11.4. The monoisotopic (exact) mass is 255 g/mol. The topological polar surface area (TPSA) is 43.8 Å². The summed E-state index contributed by atoms with van der Waals surface area (Å²) in [7, 11) is 1.95. The van der Waals surface area contributed by atoms with Crippen LogP contribution in [0.5, 0.6) is 0 Å². The number of aromatic nitrogens is 2. The fourth-order valence-electron chi connectivity index (χ4n) is 3.19. The summed E-state index contributed by atoms with van der Waals surface area (Å²) in [6, 6.07) is 13.0. The molecule has 1 aromatic heterocycles. The molecule has 0 radical (unpaired) electrons. The second-order valence-electron chi connectivity index (χ2n) is 5.67.